The summed E-state index contributed by atoms with van der Waals surface area (Å²) in [7, 11) is 4.66. The SMILES string of the molecule is COc1cc(C#C/C=C\C#CCO)cc(OC)c1OC. The first kappa shape index (κ1) is 15.5. The molecule has 0 radical (unpaired) electrons. The van der Waals surface area contributed by atoms with Crippen LogP contribution in [0.4, 0.5) is 0 Å². The van der Waals surface area contributed by atoms with Gasteiger partial charge in [-0.05, 0) is 24.3 Å². The van der Waals surface area contributed by atoms with Gasteiger partial charge in [-0.1, -0.05) is 23.7 Å². The maximum atomic E-state index is 8.48. The van der Waals surface area contributed by atoms with E-state index >= 15 is 0 Å². The van der Waals surface area contributed by atoms with Crippen molar-refractivity contribution in [1.82, 2.24) is 0 Å². The van der Waals surface area contributed by atoms with Crippen LogP contribution in [0.25, 0.3) is 0 Å². The van der Waals surface area contributed by atoms with Gasteiger partial charge in [0.15, 0.2) is 11.5 Å². The van der Waals surface area contributed by atoms with Gasteiger partial charge in [-0.15, -0.1) is 0 Å². The van der Waals surface area contributed by atoms with Crippen molar-refractivity contribution >= 4 is 0 Å². The molecule has 0 atom stereocenters. The van der Waals surface area contributed by atoms with Gasteiger partial charge in [0.05, 0.1) is 21.3 Å². The number of aliphatic hydroxyl groups is 1. The Hall–Kier alpha value is -2.56. The van der Waals surface area contributed by atoms with Gasteiger partial charge in [0.2, 0.25) is 5.75 Å². The summed E-state index contributed by atoms with van der Waals surface area (Å²) in [6, 6.07) is 3.53. The van der Waals surface area contributed by atoms with Gasteiger partial charge in [0.1, 0.15) is 6.61 Å². The van der Waals surface area contributed by atoms with Gasteiger partial charge in [-0.25, -0.2) is 0 Å². The minimum absolute atomic E-state index is 0.162. The highest BCUT2D eigenvalue weighted by atomic mass is 16.5. The van der Waals surface area contributed by atoms with Crippen molar-refractivity contribution in [1.29, 1.82) is 0 Å². The molecular weight excluding hydrogens is 256 g/mol. The van der Waals surface area contributed by atoms with Gasteiger partial charge in [0.25, 0.3) is 0 Å². The van der Waals surface area contributed by atoms with E-state index in [-0.39, 0.29) is 6.61 Å². The van der Waals surface area contributed by atoms with Crippen LogP contribution in [0.2, 0.25) is 0 Å². The molecule has 0 saturated heterocycles. The number of aliphatic hydroxyl groups excluding tert-OH is 1. The van der Waals surface area contributed by atoms with Gasteiger partial charge < -0.3 is 19.3 Å². The summed E-state index contributed by atoms with van der Waals surface area (Å²) in [5.74, 6) is 12.5. The topological polar surface area (TPSA) is 47.9 Å². The highest BCUT2D eigenvalue weighted by molar-refractivity contribution is 5.57. The lowest BCUT2D eigenvalue weighted by molar-refractivity contribution is 0.324. The normalized spacial score (nSPS) is 9.20. The number of hydrogen-bond donors (Lipinski definition) is 1. The van der Waals surface area contributed by atoms with Crippen molar-refractivity contribution in [2.24, 2.45) is 0 Å². The second kappa shape index (κ2) is 8.53. The fourth-order valence-corrected chi connectivity index (χ4v) is 1.47. The molecule has 0 bridgehead atoms. The van der Waals surface area contributed by atoms with E-state index in [1.54, 1.807) is 45.6 Å². The van der Waals surface area contributed by atoms with Gasteiger partial charge in [0, 0.05) is 5.56 Å². The molecule has 104 valence electrons. The van der Waals surface area contributed by atoms with E-state index in [2.05, 4.69) is 23.7 Å². The van der Waals surface area contributed by atoms with Crippen LogP contribution in [0.3, 0.4) is 0 Å². The molecule has 0 aromatic heterocycles. The van der Waals surface area contributed by atoms with E-state index in [4.69, 9.17) is 19.3 Å². The molecule has 1 aromatic rings. The second-order valence-corrected chi connectivity index (χ2v) is 3.50. The highest BCUT2D eigenvalue weighted by Gasteiger charge is 2.11. The molecule has 1 aromatic carbocycles. The third-order valence-electron chi connectivity index (χ3n) is 2.31. The largest absolute Gasteiger partial charge is 0.493 e. The summed E-state index contributed by atoms with van der Waals surface area (Å²) >= 11 is 0. The number of hydrogen-bond acceptors (Lipinski definition) is 4. The molecule has 0 aliphatic carbocycles. The zero-order chi connectivity index (χ0) is 14.8. The fourth-order valence-electron chi connectivity index (χ4n) is 1.47. The molecule has 4 heteroatoms. The minimum Gasteiger partial charge on any atom is -0.493 e. The van der Waals surface area contributed by atoms with E-state index in [9.17, 15) is 0 Å². The summed E-state index contributed by atoms with van der Waals surface area (Å²) in [5, 5.41) is 8.48. The van der Waals surface area contributed by atoms with E-state index in [1.165, 1.54) is 0 Å². The molecule has 0 spiro atoms. The van der Waals surface area contributed by atoms with Crippen LogP contribution in [-0.4, -0.2) is 33.0 Å². The average Bonchev–Trinajstić information content (AvgIpc) is 2.49. The first-order chi connectivity index (χ1) is 9.76. The Morgan fingerprint density at radius 2 is 1.60 bits per heavy atom. The smallest absolute Gasteiger partial charge is 0.203 e. The Labute approximate surface area is 119 Å². The van der Waals surface area contributed by atoms with Crippen molar-refractivity contribution < 1.29 is 19.3 Å². The van der Waals surface area contributed by atoms with Gasteiger partial charge >= 0.3 is 0 Å². The zero-order valence-corrected chi connectivity index (χ0v) is 11.7. The van der Waals surface area contributed by atoms with Crippen LogP contribution in [-0.2, 0) is 0 Å². The molecule has 0 aliphatic heterocycles. The van der Waals surface area contributed by atoms with E-state index in [1.807, 2.05) is 0 Å². The number of methoxy groups -OCH3 is 3. The summed E-state index contributed by atoms with van der Waals surface area (Å²) in [5.41, 5.74) is 0.735. The molecule has 0 heterocycles. The Kier molecular flexibility index (Phi) is 6.61. The molecule has 0 amide bonds. The Morgan fingerprint density at radius 1 is 1.00 bits per heavy atom. The van der Waals surface area contributed by atoms with Crippen LogP contribution in [0.1, 0.15) is 5.56 Å². The minimum atomic E-state index is -0.162. The predicted molar refractivity (Wildman–Crippen MR) is 77.0 cm³/mol. The number of benzene rings is 1. The quantitative estimate of drug-likeness (QED) is 0.849. The van der Waals surface area contributed by atoms with Gasteiger partial charge in [-0.2, -0.15) is 0 Å². The number of ether oxygens (including phenoxy) is 3. The Morgan fingerprint density at radius 3 is 2.10 bits per heavy atom. The van der Waals surface area contributed by atoms with Crippen molar-refractivity contribution in [2.45, 2.75) is 0 Å². The van der Waals surface area contributed by atoms with Crippen molar-refractivity contribution in [3.63, 3.8) is 0 Å². The van der Waals surface area contributed by atoms with E-state index in [0.717, 1.165) is 5.56 Å². The first-order valence-corrected chi connectivity index (χ1v) is 5.82. The standard InChI is InChI=1S/C16H16O4/c1-18-14-11-13(9-7-5-4-6-8-10-17)12-15(19-2)16(14)20-3/h4-5,11-12,17H,10H2,1-3H3/b5-4-. The predicted octanol–water partition coefficient (Wildman–Crippen LogP) is 1.62. The van der Waals surface area contributed by atoms with Crippen LogP contribution in [0, 0.1) is 23.7 Å². The summed E-state index contributed by atoms with van der Waals surface area (Å²) in [4.78, 5) is 0. The Bertz CT molecular complexity index is 569. The van der Waals surface area contributed by atoms with Crippen molar-refractivity contribution in [3.05, 3.63) is 29.8 Å². The summed E-state index contributed by atoms with van der Waals surface area (Å²) < 4.78 is 15.7. The van der Waals surface area contributed by atoms with Crippen LogP contribution in [0.15, 0.2) is 24.3 Å². The molecule has 20 heavy (non-hydrogen) atoms. The number of rotatable bonds is 3. The lowest BCUT2D eigenvalue weighted by atomic mass is 10.2. The highest BCUT2D eigenvalue weighted by Crippen LogP contribution is 2.37. The van der Waals surface area contributed by atoms with E-state index in [0.29, 0.717) is 17.2 Å². The molecule has 1 N–H and O–H groups in total. The lowest BCUT2D eigenvalue weighted by Crippen LogP contribution is -1.95. The molecule has 1 rings (SSSR count). The van der Waals surface area contributed by atoms with Crippen molar-refractivity contribution in [2.75, 3.05) is 27.9 Å². The number of allylic oxidation sites excluding steroid dienone is 2. The van der Waals surface area contributed by atoms with Crippen molar-refractivity contribution in [3.8, 4) is 40.9 Å². The van der Waals surface area contributed by atoms with Crippen LogP contribution >= 0.6 is 0 Å². The second-order valence-electron chi connectivity index (χ2n) is 3.50. The zero-order valence-electron chi connectivity index (χ0n) is 11.7. The van der Waals surface area contributed by atoms with E-state index < -0.39 is 0 Å². The molecule has 0 saturated carbocycles. The average molecular weight is 272 g/mol. The maximum Gasteiger partial charge on any atom is 0.203 e. The third kappa shape index (κ3) is 4.28. The molecule has 0 unspecified atom stereocenters. The molecular formula is C16H16O4. The first-order valence-electron chi connectivity index (χ1n) is 5.82. The molecule has 4 nitrogen and oxygen atoms in total. The monoisotopic (exact) mass is 272 g/mol. The summed E-state index contributed by atoms with van der Waals surface area (Å²) in [6.45, 7) is -0.162. The fraction of sp³-hybridized carbons (Fsp3) is 0.250. The maximum absolute atomic E-state index is 8.48. The van der Waals surface area contributed by atoms with Crippen LogP contribution in [0.5, 0.6) is 17.2 Å². The molecule has 0 aliphatic rings. The molecule has 0 fully saturated rings. The van der Waals surface area contributed by atoms with Gasteiger partial charge in [-0.3, -0.25) is 0 Å². The summed E-state index contributed by atoms with van der Waals surface area (Å²) in [6.07, 6.45) is 3.17. The third-order valence-corrected chi connectivity index (χ3v) is 2.31. The lowest BCUT2D eigenvalue weighted by Gasteiger charge is -2.12. The Balaban J connectivity index is 3.02. The van der Waals surface area contributed by atoms with Crippen LogP contribution < -0.4 is 14.2 Å².